The average Bonchev–Trinajstić information content (AvgIpc) is 3.41. The van der Waals surface area contributed by atoms with Crippen molar-refractivity contribution in [1.29, 1.82) is 0 Å². The molecule has 0 saturated carbocycles. The lowest BCUT2D eigenvalue weighted by Gasteiger charge is -2.42. The van der Waals surface area contributed by atoms with Crippen LogP contribution in [0.25, 0.3) is 22.0 Å². The minimum atomic E-state index is -2.23. The number of hydrogen-bond donors (Lipinski definition) is 1. The number of hydrogen-bond acceptors (Lipinski definition) is 6. The van der Waals surface area contributed by atoms with Gasteiger partial charge in [0.15, 0.2) is 16.6 Å². The van der Waals surface area contributed by atoms with Crippen molar-refractivity contribution >= 4 is 45.1 Å². The molecule has 8 nitrogen and oxygen atoms in total. The molecular weight excluding hydrogens is 646 g/mol. The summed E-state index contributed by atoms with van der Waals surface area (Å²) < 4.78 is 22.4. The predicted octanol–water partition coefficient (Wildman–Crippen LogP) is 9.74. The lowest BCUT2D eigenvalue weighted by molar-refractivity contribution is 0.0587. The molecule has 1 N–H and O–H groups in total. The van der Waals surface area contributed by atoms with Crippen molar-refractivity contribution in [3.05, 3.63) is 39.8 Å². The Hall–Kier alpha value is -1.96. The molecule has 1 unspecified atom stereocenters. The van der Waals surface area contributed by atoms with Crippen molar-refractivity contribution in [2.75, 3.05) is 20.3 Å². The highest BCUT2D eigenvalue weighted by Gasteiger charge is 2.45. The SMILES string of the molecule is COC(=O)c1c(C)c2c(-c3c(C(O)CO[Si](C(C)C)(C(C)C)C(C)C)nn(C)c3C)c(Cl)ccc2n1CCCO[Si](C)(C)C(C)(C)C. The normalized spacial score (nSPS) is 13.9. The molecule has 0 saturated heterocycles. The molecule has 2 heterocycles. The van der Waals surface area contributed by atoms with Crippen LogP contribution in [0.15, 0.2) is 12.1 Å². The molecule has 0 aliphatic rings. The molecule has 1 atom stereocenters. The number of aliphatic hydroxyl groups excluding tert-OH is 1. The second-order valence-electron chi connectivity index (χ2n) is 15.5. The van der Waals surface area contributed by atoms with Crippen LogP contribution in [-0.4, -0.2) is 62.4 Å². The summed E-state index contributed by atoms with van der Waals surface area (Å²) in [5.74, 6) is -0.403. The van der Waals surface area contributed by atoms with Crippen LogP contribution in [0.5, 0.6) is 0 Å². The first-order chi connectivity index (χ1) is 21.6. The molecule has 264 valence electrons. The highest BCUT2D eigenvalue weighted by atomic mass is 35.5. The smallest absolute Gasteiger partial charge is 0.354 e. The fourth-order valence-electron chi connectivity index (χ4n) is 7.19. The number of carbonyl (C=O) groups is 1. The van der Waals surface area contributed by atoms with Crippen LogP contribution in [0.2, 0.25) is 39.8 Å². The van der Waals surface area contributed by atoms with E-state index in [9.17, 15) is 9.90 Å². The molecule has 2 aromatic heterocycles. The Morgan fingerprint density at radius 3 is 2.09 bits per heavy atom. The summed E-state index contributed by atoms with van der Waals surface area (Å²) in [6, 6.07) is 3.84. The third-order valence-electron chi connectivity index (χ3n) is 10.7. The van der Waals surface area contributed by atoms with Crippen molar-refractivity contribution in [3.63, 3.8) is 0 Å². The van der Waals surface area contributed by atoms with Gasteiger partial charge in [-0.2, -0.15) is 5.10 Å². The largest absolute Gasteiger partial charge is 0.464 e. The Morgan fingerprint density at radius 2 is 1.57 bits per heavy atom. The van der Waals surface area contributed by atoms with Gasteiger partial charge in [0.05, 0.1) is 13.7 Å². The number of ether oxygens (including phenoxy) is 1. The summed E-state index contributed by atoms with van der Waals surface area (Å²) >= 11 is 7.05. The van der Waals surface area contributed by atoms with E-state index in [2.05, 4.69) is 75.4 Å². The Balaban J connectivity index is 2.15. The first-order valence-electron chi connectivity index (χ1n) is 17.0. The van der Waals surface area contributed by atoms with Crippen molar-refractivity contribution < 1.29 is 23.5 Å². The van der Waals surface area contributed by atoms with E-state index in [0.29, 0.717) is 46.2 Å². The molecule has 0 fully saturated rings. The highest BCUT2D eigenvalue weighted by Crippen LogP contribution is 2.46. The molecule has 1 aromatic carbocycles. The summed E-state index contributed by atoms with van der Waals surface area (Å²) in [4.78, 5) is 13.3. The maximum Gasteiger partial charge on any atom is 0.354 e. The van der Waals surface area contributed by atoms with Crippen LogP contribution in [0.4, 0.5) is 0 Å². The molecule has 47 heavy (non-hydrogen) atoms. The van der Waals surface area contributed by atoms with Crippen molar-refractivity contribution in [2.45, 2.75) is 130 Å². The maximum atomic E-state index is 13.3. The first-order valence-corrected chi connectivity index (χ1v) is 22.5. The Kier molecular flexibility index (Phi) is 12.5. The van der Waals surface area contributed by atoms with Gasteiger partial charge in [0.25, 0.3) is 0 Å². The lowest BCUT2D eigenvalue weighted by Crippen LogP contribution is -2.48. The van der Waals surface area contributed by atoms with E-state index in [1.54, 1.807) is 4.68 Å². The van der Waals surface area contributed by atoms with Gasteiger partial charge in [0, 0.05) is 52.9 Å². The highest BCUT2D eigenvalue weighted by molar-refractivity contribution is 6.77. The van der Waals surface area contributed by atoms with Gasteiger partial charge in [0.2, 0.25) is 0 Å². The molecule has 0 bridgehead atoms. The number of aryl methyl sites for hydroxylation is 3. The first kappa shape index (κ1) is 39.5. The zero-order chi connectivity index (χ0) is 35.8. The van der Waals surface area contributed by atoms with Crippen LogP contribution >= 0.6 is 11.6 Å². The number of esters is 1. The topological polar surface area (TPSA) is 87.7 Å². The number of halogens is 1. The van der Waals surface area contributed by atoms with Crippen LogP contribution < -0.4 is 0 Å². The Bertz CT molecular complexity index is 1550. The van der Waals surface area contributed by atoms with E-state index in [4.69, 9.17) is 30.3 Å². The van der Waals surface area contributed by atoms with Crippen LogP contribution in [0.1, 0.15) is 102 Å². The van der Waals surface area contributed by atoms with Gasteiger partial charge < -0.3 is 23.3 Å². The predicted molar refractivity (Wildman–Crippen MR) is 200 cm³/mol. The third kappa shape index (κ3) is 7.48. The molecule has 0 spiro atoms. The zero-order valence-corrected chi connectivity index (χ0v) is 34.3. The fraction of sp³-hybridized carbons (Fsp3) is 0.667. The maximum absolute atomic E-state index is 13.3. The standard InChI is InChI=1S/C36H60ClN3O5Si2/c1-22(2)47(23(3)4,24(5)6)45-21-29(41)33-31(26(8)39(12)38-33)32-27(37)17-18-28-30(32)25(7)34(35(42)43-13)40(28)19-16-20-44-46(14,15)36(9,10)11/h17-18,22-24,29,41H,16,19-21H2,1-15H3. The molecule has 3 aromatic rings. The number of rotatable bonds is 14. The van der Waals surface area contributed by atoms with Gasteiger partial charge in [0.1, 0.15) is 17.5 Å². The minimum absolute atomic E-state index is 0.115. The summed E-state index contributed by atoms with van der Waals surface area (Å²) in [5.41, 5.74) is 6.20. The number of carbonyl (C=O) groups excluding carboxylic acids is 1. The van der Waals surface area contributed by atoms with Gasteiger partial charge >= 0.3 is 5.97 Å². The van der Waals surface area contributed by atoms with Crippen LogP contribution in [0.3, 0.4) is 0 Å². The van der Waals surface area contributed by atoms with Crippen molar-refractivity contribution in [2.24, 2.45) is 7.05 Å². The van der Waals surface area contributed by atoms with E-state index in [0.717, 1.165) is 39.7 Å². The summed E-state index contributed by atoms with van der Waals surface area (Å²) in [5, 5.41) is 18.1. The van der Waals surface area contributed by atoms with E-state index < -0.39 is 28.7 Å². The van der Waals surface area contributed by atoms with Gasteiger partial charge in [-0.05, 0) is 72.7 Å². The second kappa shape index (κ2) is 14.9. The van der Waals surface area contributed by atoms with E-state index in [-0.39, 0.29) is 11.6 Å². The Labute approximate surface area is 290 Å². The summed E-state index contributed by atoms with van der Waals surface area (Å²) in [6.45, 7) is 29.9. The van der Waals surface area contributed by atoms with E-state index >= 15 is 0 Å². The molecule has 0 radical (unpaired) electrons. The summed E-state index contributed by atoms with van der Waals surface area (Å²) in [6.07, 6.45) is -0.229. The number of aromatic nitrogens is 3. The van der Waals surface area contributed by atoms with Crippen molar-refractivity contribution in [1.82, 2.24) is 14.3 Å². The van der Waals surface area contributed by atoms with Gasteiger partial charge in [-0.15, -0.1) is 0 Å². The molecule has 11 heteroatoms. The van der Waals surface area contributed by atoms with Gasteiger partial charge in [-0.3, -0.25) is 4.68 Å². The molecule has 0 aliphatic heterocycles. The van der Waals surface area contributed by atoms with Gasteiger partial charge in [-0.25, -0.2) is 4.79 Å². The Morgan fingerprint density at radius 1 is 1.00 bits per heavy atom. The quantitative estimate of drug-likeness (QED) is 0.102. The average molecular weight is 707 g/mol. The monoisotopic (exact) mass is 705 g/mol. The van der Waals surface area contributed by atoms with Crippen molar-refractivity contribution in [3.8, 4) is 11.1 Å². The lowest BCUT2D eigenvalue weighted by atomic mass is 9.95. The number of fused-ring (bicyclic) bond motifs is 1. The molecule has 0 amide bonds. The number of aliphatic hydroxyl groups is 1. The van der Waals surface area contributed by atoms with Crippen LogP contribution in [0, 0.1) is 13.8 Å². The fourth-order valence-corrected chi connectivity index (χ4v) is 14.0. The van der Waals surface area contributed by atoms with E-state index in [1.807, 2.05) is 37.6 Å². The zero-order valence-electron chi connectivity index (χ0n) is 31.6. The third-order valence-corrected chi connectivity index (χ3v) is 21.7. The summed E-state index contributed by atoms with van der Waals surface area (Å²) in [7, 11) is -0.862. The molecule has 3 rings (SSSR count). The number of nitrogens with zero attached hydrogens (tertiary/aromatic N) is 3. The minimum Gasteiger partial charge on any atom is -0.464 e. The number of methoxy groups -OCH3 is 1. The number of benzene rings is 1. The molecular formula is C36H60ClN3O5Si2. The van der Waals surface area contributed by atoms with E-state index in [1.165, 1.54) is 7.11 Å². The second-order valence-corrected chi connectivity index (χ2v) is 26.2. The van der Waals surface area contributed by atoms with Crippen LogP contribution in [-0.2, 0) is 27.2 Å². The van der Waals surface area contributed by atoms with Gasteiger partial charge in [-0.1, -0.05) is 73.9 Å². The molecule has 0 aliphatic carbocycles.